The molecule has 0 fully saturated rings. The molecule has 0 amide bonds. The molecule has 1 aromatic carbocycles. The maximum absolute atomic E-state index is 8.89. The molecule has 1 aromatic rings. The van der Waals surface area contributed by atoms with Crippen LogP contribution in [0.15, 0.2) is 24.3 Å². The zero-order valence-electron chi connectivity index (χ0n) is 10.3. The van der Waals surface area contributed by atoms with E-state index in [0.29, 0.717) is 12.3 Å². The van der Waals surface area contributed by atoms with Crippen LogP contribution in [0.4, 0.5) is 0 Å². The van der Waals surface area contributed by atoms with Crippen molar-refractivity contribution in [2.45, 2.75) is 20.3 Å². The molecule has 4 heteroatoms. The molecule has 94 valence electrons. The molecule has 0 aliphatic carbocycles. The quantitative estimate of drug-likeness (QED) is 0.601. The first-order valence-corrected chi connectivity index (χ1v) is 5.54. The highest BCUT2D eigenvalue weighted by Gasteiger charge is 1.89. The van der Waals surface area contributed by atoms with Crippen molar-refractivity contribution in [2.75, 3.05) is 19.6 Å². The number of hydrogen-bond donors (Lipinski definition) is 4. The zero-order valence-corrected chi connectivity index (χ0v) is 10.3. The maximum Gasteiger partial charge on any atom is 0.115 e. The van der Waals surface area contributed by atoms with Gasteiger partial charge in [-0.2, -0.15) is 0 Å². The number of phenolic OH excluding ortho intramolecular Hbond substituents is 1. The number of hydrogen-bond acceptors (Lipinski definition) is 4. The summed E-state index contributed by atoms with van der Waals surface area (Å²) in [5.74, 6) is 0.306. The predicted octanol–water partition coefficient (Wildman–Crippen LogP) is 0.823. The lowest BCUT2D eigenvalue weighted by Gasteiger charge is -1.96. The Morgan fingerprint density at radius 2 is 1.31 bits per heavy atom. The molecule has 0 heterocycles. The van der Waals surface area contributed by atoms with Gasteiger partial charge in [0.15, 0.2) is 0 Å². The van der Waals surface area contributed by atoms with Gasteiger partial charge in [-0.3, -0.25) is 0 Å². The van der Waals surface area contributed by atoms with E-state index in [1.165, 1.54) is 5.56 Å². The van der Waals surface area contributed by atoms with E-state index >= 15 is 0 Å². The maximum atomic E-state index is 8.89. The summed E-state index contributed by atoms with van der Waals surface area (Å²) in [6.07, 6.45) is 0.875. The molecular formula is C12H25N3O. The molecule has 16 heavy (non-hydrogen) atoms. The lowest BCUT2D eigenvalue weighted by molar-refractivity contribution is 0.475. The normalized spacial score (nSPS) is 8.31. The molecule has 1 rings (SSSR count). The third kappa shape index (κ3) is 12.9. The Balaban J connectivity index is 0. The molecule has 0 aliphatic heterocycles. The van der Waals surface area contributed by atoms with Crippen molar-refractivity contribution in [3.05, 3.63) is 29.8 Å². The van der Waals surface area contributed by atoms with Crippen LogP contribution in [-0.4, -0.2) is 24.7 Å². The van der Waals surface area contributed by atoms with Gasteiger partial charge >= 0.3 is 0 Å². The monoisotopic (exact) mass is 227 g/mol. The Hall–Kier alpha value is -1.10. The third-order valence-corrected chi connectivity index (χ3v) is 1.37. The Labute approximate surface area is 98.4 Å². The minimum absolute atomic E-state index is 0.306. The molecule has 0 aliphatic rings. The smallest absolute Gasteiger partial charge is 0.115 e. The highest BCUT2D eigenvalue weighted by molar-refractivity contribution is 5.25. The van der Waals surface area contributed by atoms with Gasteiger partial charge in [0.05, 0.1) is 0 Å². The van der Waals surface area contributed by atoms with E-state index in [9.17, 15) is 0 Å². The van der Waals surface area contributed by atoms with Crippen molar-refractivity contribution < 1.29 is 5.11 Å². The zero-order chi connectivity index (χ0) is 12.8. The van der Waals surface area contributed by atoms with Crippen molar-refractivity contribution in [1.82, 2.24) is 0 Å². The predicted molar refractivity (Wildman–Crippen MR) is 70.3 cm³/mol. The second-order valence-electron chi connectivity index (χ2n) is 3.02. The molecule has 7 N–H and O–H groups in total. The summed E-state index contributed by atoms with van der Waals surface area (Å²) in [7, 11) is 0. The first-order chi connectivity index (χ1) is 7.65. The summed E-state index contributed by atoms with van der Waals surface area (Å²) in [4.78, 5) is 0. The first kappa shape index (κ1) is 17.3. The topological polar surface area (TPSA) is 98.3 Å². The van der Waals surface area contributed by atoms with Crippen molar-refractivity contribution in [3.63, 3.8) is 0 Å². The van der Waals surface area contributed by atoms with Crippen LogP contribution in [-0.2, 0) is 6.42 Å². The molecule has 0 unspecified atom stereocenters. The second-order valence-corrected chi connectivity index (χ2v) is 3.02. The highest BCUT2D eigenvalue weighted by Crippen LogP contribution is 2.09. The van der Waals surface area contributed by atoms with Crippen LogP contribution in [0, 0.1) is 0 Å². The lowest BCUT2D eigenvalue weighted by Crippen LogP contribution is -2.01. The van der Waals surface area contributed by atoms with Gasteiger partial charge in [0.2, 0.25) is 0 Å². The van der Waals surface area contributed by atoms with Crippen molar-refractivity contribution in [1.29, 1.82) is 0 Å². The van der Waals surface area contributed by atoms with Gasteiger partial charge in [-0.05, 0) is 43.8 Å². The summed E-state index contributed by atoms with van der Waals surface area (Å²) in [6.45, 7) is 5.96. The summed E-state index contributed by atoms with van der Waals surface area (Å²) in [6, 6.07) is 7.10. The van der Waals surface area contributed by atoms with Crippen LogP contribution in [0.1, 0.15) is 19.4 Å². The van der Waals surface area contributed by atoms with Crippen LogP contribution in [0.5, 0.6) is 5.75 Å². The minimum Gasteiger partial charge on any atom is -0.508 e. The summed E-state index contributed by atoms with van der Waals surface area (Å²) < 4.78 is 0. The Kier molecular flexibility index (Phi) is 15.0. The van der Waals surface area contributed by atoms with Gasteiger partial charge in [0.1, 0.15) is 5.75 Å². The molecule has 0 atom stereocenters. The van der Waals surface area contributed by atoms with Crippen LogP contribution in [0.25, 0.3) is 0 Å². The lowest BCUT2D eigenvalue weighted by atomic mass is 10.1. The molecule has 0 bridgehead atoms. The van der Waals surface area contributed by atoms with Gasteiger partial charge in [-0.1, -0.05) is 26.0 Å². The number of rotatable bonds is 2. The van der Waals surface area contributed by atoms with E-state index in [1.54, 1.807) is 12.1 Å². The third-order valence-electron chi connectivity index (χ3n) is 1.37. The Morgan fingerprint density at radius 1 is 0.938 bits per heavy atom. The van der Waals surface area contributed by atoms with Crippen LogP contribution < -0.4 is 17.2 Å². The Bertz CT molecular complexity index is 222. The molecule has 0 saturated carbocycles. The molecule has 0 aromatic heterocycles. The van der Waals surface area contributed by atoms with Crippen LogP contribution >= 0.6 is 0 Å². The van der Waals surface area contributed by atoms with Gasteiger partial charge in [-0.25, -0.2) is 0 Å². The first-order valence-electron chi connectivity index (χ1n) is 5.54. The van der Waals surface area contributed by atoms with E-state index in [0.717, 1.165) is 19.5 Å². The van der Waals surface area contributed by atoms with E-state index < -0.39 is 0 Å². The van der Waals surface area contributed by atoms with E-state index in [2.05, 4.69) is 0 Å². The highest BCUT2D eigenvalue weighted by atomic mass is 16.3. The van der Waals surface area contributed by atoms with Gasteiger partial charge < -0.3 is 22.3 Å². The van der Waals surface area contributed by atoms with E-state index in [-0.39, 0.29) is 0 Å². The van der Waals surface area contributed by atoms with Gasteiger partial charge in [0, 0.05) is 0 Å². The van der Waals surface area contributed by atoms with Crippen molar-refractivity contribution in [3.8, 4) is 5.75 Å². The standard InChI is InChI=1S/C8H11NO.2C2H7N/c9-6-5-7-1-3-8(10)4-2-7;2*1-2-3/h1-4,10H,5-6,9H2;2*2-3H2,1H3. The van der Waals surface area contributed by atoms with Gasteiger partial charge in [-0.15, -0.1) is 0 Å². The van der Waals surface area contributed by atoms with Crippen LogP contribution in [0.3, 0.4) is 0 Å². The van der Waals surface area contributed by atoms with Crippen molar-refractivity contribution in [2.24, 2.45) is 17.2 Å². The average Bonchev–Trinajstić information content (AvgIpc) is 2.24. The summed E-state index contributed by atoms with van der Waals surface area (Å²) >= 11 is 0. The molecule has 0 radical (unpaired) electrons. The fraction of sp³-hybridized carbons (Fsp3) is 0.500. The molecular weight excluding hydrogens is 202 g/mol. The largest absolute Gasteiger partial charge is 0.508 e. The number of benzene rings is 1. The second kappa shape index (κ2) is 13.9. The minimum atomic E-state index is 0.306. The number of nitrogens with two attached hydrogens (primary N) is 3. The molecule has 0 saturated heterocycles. The van der Waals surface area contributed by atoms with E-state index in [1.807, 2.05) is 26.0 Å². The SMILES string of the molecule is CCN.CCN.NCCc1ccc(O)cc1. The molecule has 0 spiro atoms. The average molecular weight is 227 g/mol. The van der Waals surface area contributed by atoms with E-state index in [4.69, 9.17) is 22.3 Å². The van der Waals surface area contributed by atoms with Crippen LogP contribution in [0.2, 0.25) is 0 Å². The van der Waals surface area contributed by atoms with Gasteiger partial charge in [0.25, 0.3) is 0 Å². The number of aromatic hydroxyl groups is 1. The molecule has 4 nitrogen and oxygen atoms in total. The fourth-order valence-corrected chi connectivity index (χ4v) is 0.829. The Morgan fingerprint density at radius 3 is 1.62 bits per heavy atom. The fourth-order valence-electron chi connectivity index (χ4n) is 0.829. The van der Waals surface area contributed by atoms with Crippen molar-refractivity contribution >= 4 is 0 Å². The summed E-state index contributed by atoms with van der Waals surface area (Å²) in [5.41, 5.74) is 16.2. The summed E-state index contributed by atoms with van der Waals surface area (Å²) in [5, 5.41) is 8.89. The number of phenols is 1.